The molecular weight excluding hydrogens is 334 g/mol. The van der Waals surface area contributed by atoms with Crippen LogP contribution in [0.25, 0.3) is 22.3 Å². The van der Waals surface area contributed by atoms with E-state index in [0.717, 1.165) is 33.6 Å². The van der Waals surface area contributed by atoms with Crippen LogP contribution in [0.4, 0.5) is 11.4 Å². The molecule has 0 fully saturated rings. The van der Waals surface area contributed by atoms with Gasteiger partial charge in [-0.25, -0.2) is 0 Å². The summed E-state index contributed by atoms with van der Waals surface area (Å²) in [6, 6.07) is 30.6. The standard InChI is InChI=1S/C24H19NO2/c26-23-5-1-3-19(15-23)17-7-11-21(12-8-17)25-22-13-9-18(10-14-22)20-4-2-6-24(27)16-20/h1-16,25-27H. The second-order valence-corrected chi connectivity index (χ2v) is 6.38. The van der Waals surface area contributed by atoms with Crippen molar-refractivity contribution in [3.05, 3.63) is 97.1 Å². The summed E-state index contributed by atoms with van der Waals surface area (Å²) in [5.41, 5.74) is 6.05. The molecule has 4 aromatic carbocycles. The number of rotatable bonds is 4. The zero-order chi connectivity index (χ0) is 18.6. The number of hydrogen-bond donors (Lipinski definition) is 3. The van der Waals surface area contributed by atoms with E-state index in [1.54, 1.807) is 24.3 Å². The first-order chi connectivity index (χ1) is 13.2. The van der Waals surface area contributed by atoms with Crippen molar-refractivity contribution in [3.63, 3.8) is 0 Å². The van der Waals surface area contributed by atoms with Crippen molar-refractivity contribution in [2.75, 3.05) is 5.32 Å². The lowest BCUT2D eigenvalue weighted by Crippen LogP contribution is -1.90. The molecule has 0 bridgehead atoms. The number of hydrogen-bond acceptors (Lipinski definition) is 3. The smallest absolute Gasteiger partial charge is 0.116 e. The van der Waals surface area contributed by atoms with Crippen molar-refractivity contribution in [2.24, 2.45) is 0 Å². The van der Waals surface area contributed by atoms with E-state index in [9.17, 15) is 10.2 Å². The summed E-state index contributed by atoms with van der Waals surface area (Å²) in [7, 11) is 0. The molecule has 0 unspecified atom stereocenters. The summed E-state index contributed by atoms with van der Waals surface area (Å²) in [4.78, 5) is 0. The van der Waals surface area contributed by atoms with Gasteiger partial charge in [-0.3, -0.25) is 0 Å². The van der Waals surface area contributed by atoms with Crippen LogP contribution >= 0.6 is 0 Å². The fourth-order valence-electron chi connectivity index (χ4n) is 3.03. The Morgan fingerprint density at radius 3 is 1.22 bits per heavy atom. The molecule has 0 atom stereocenters. The Balaban J connectivity index is 1.49. The van der Waals surface area contributed by atoms with Gasteiger partial charge in [-0.15, -0.1) is 0 Å². The molecule has 0 amide bonds. The van der Waals surface area contributed by atoms with Gasteiger partial charge < -0.3 is 15.5 Å². The van der Waals surface area contributed by atoms with Crippen LogP contribution in [0.3, 0.4) is 0 Å². The van der Waals surface area contributed by atoms with Crippen LogP contribution in [0.5, 0.6) is 11.5 Å². The third-order valence-corrected chi connectivity index (χ3v) is 4.42. The number of phenols is 2. The van der Waals surface area contributed by atoms with E-state index >= 15 is 0 Å². The lowest BCUT2D eigenvalue weighted by molar-refractivity contribution is 0.475. The van der Waals surface area contributed by atoms with E-state index in [0.29, 0.717) is 0 Å². The Kier molecular flexibility index (Phi) is 4.50. The highest BCUT2D eigenvalue weighted by atomic mass is 16.3. The van der Waals surface area contributed by atoms with Crippen LogP contribution in [0.2, 0.25) is 0 Å². The molecule has 27 heavy (non-hydrogen) atoms. The third kappa shape index (κ3) is 3.93. The van der Waals surface area contributed by atoms with Gasteiger partial charge in [-0.2, -0.15) is 0 Å². The van der Waals surface area contributed by atoms with Crippen molar-refractivity contribution in [3.8, 4) is 33.8 Å². The maximum Gasteiger partial charge on any atom is 0.116 e. The monoisotopic (exact) mass is 353 g/mol. The SMILES string of the molecule is Oc1cccc(-c2ccc(Nc3ccc(-c4cccc(O)c4)cc3)cc2)c1. The predicted octanol–water partition coefficient (Wildman–Crippen LogP) is 6.18. The highest BCUT2D eigenvalue weighted by molar-refractivity contribution is 5.71. The molecule has 0 aromatic heterocycles. The molecule has 0 saturated heterocycles. The van der Waals surface area contributed by atoms with Crippen molar-refractivity contribution in [2.45, 2.75) is 0 Å². The maximum atomic E-state index is 9.62. The molecule has 4 aromatic rings. The van der Waals surface area contributed by atoms with E-state index in [1.165, 1.54) is 0 Å². The number of benzene rings is 4. The quantitative estimate of drug-likeness (QED) is 0.411. The molecule has 0 heterocycles. The van der Waals surface area contributed by atoms with Gasteiger partial charge in [0.15, 0.2) is 0 Å². The van der Waals surface area contributed by atoms with E-state index in [2.05, 4.69) is 5.32 Å². The molecule has 0 aliphatic carbocycles. The summed E-state index contributed by atoms with van der Waals surface area (Å²) in [6.45, 7) is 0. The van der Waals surface area contributed by atoms with Crippen LogP contribution in [-0.2, 0) is 0 Å². The molecule has 0 aliphatic rings. The zero-order valence-electron chi connectivity index (χ0n) is 14.6. The van der Waals surface area contributed by atoms with E-state index < -0.39 is 0 Å². The first-order valence-electron chi connectivity index (χ1n) is 8.73. The molecule has 0 aliphatic heterocycles. The molecule has 0 saturated carbocycles. The summed E-state index contributed by atoms with van der Waals surface area (Å²) in [6.07, 6.45) is 0. The van der Waals surface area contributed by atoms with E-state index in [-0.39, 0.29) is 11.5 Å². The van der Waals surface area contributed by atoms with Crippen LogP contribution in [0.1, 0.15) is 0 Å². The van der Waals surface area contributed by atoms with Crippen LogP contribution < -0.4 is 5.32 Å². The number of anilines is 2. The normalized spacial score (nSPS) is 10.5. The van der Waals surface area contributed by atoms with Crippen molar-refractivity contribution >= 4 is 11.4 Å². The molecule has 132 valence electrons. The van der Waals surface area contributed by atoms with Gasteiger partial charge in [0.2, 0.25) is 0 Å². The number of nitrogens with one attached hydrogen (secondary N) is 1. The highest BCUT2D eigenvalue weighted by Crippen LogP contribution is 2.28. The number of aromatic hydroxyl groups is 2. The van der Waals surface area contributed by atoms with Gasteiger partial charge in [0.25, 0.3) is 0 Å². The van der Waals surface area contributed by atoms with Gasteiger partial charge in [0.1, 0.15) is 11.5 Å². The maximum absolute atomic E-state index is 9.62. The van der Waals surface area contributed by atoms with Gasteiger partial charge in [0, 0.05) is 11.4 Å². The Labute approximate surface area is 158 Å². The van der Waals surface area contributed by atoms with Crippen LogP contribution in [-0.4, -0.2) is 10.2 Å². The zero-order valence-corrected chi connectivity index (χ0v) is 14.6. The van der Waals surface area contributed by atoms with Crippen LogP contribution in [0.15, 0.2) is 97.1 Å². The Bertz CT molecular complexity index is 967. The molecule has 3 N–H and O–H groups in total. The second-order valence-electron chi connectivity index (χ2n) is 6.38. The van der Waals surface area contributed by atoms with Crippen LogP contribution in [0, 0.1) is 0 Å². The summed E-state index contributed by atoms with van der Waals surface area (Å²) in [5, 5.41) is 22.6. The van der Waals surface area contributed by atoms with Crippen molar-refractivity contribution in [1.29, 1.82) is 0 Å². The minimum atomic E-state index is 0.265. The van der Waals surface area contributed by atoms with Gasteiger partial charge in [-0.05, 0) is 70.8 Å². The fraction of sp³-hybridized carbons (Fsp3) is 0. The Hall–Kier alpha value is -3.72. The third-order valence-electron chi connectivity index (χ3n) is 4.42. The highest BCUT2D eigenvalue weighted by Gasteiger charge is 2.02. The summed E-state index contributed by atoms with van der Waals surface area (Å²) in [5.74, 6) is 0.531. The minimum absolute atomic E-state index is 0.265. The first kappa shape index (κ1) is 16.7. The van der Waals surface area contributed by atoms with Crippen molar-refractivity contribution in [1.82, 2.24) is 0 Å². The topological polar surface area (TPSA) is 52.5 Å². The lowest BCUT2D eigenvalue weighted by atomic mass is 10.0. The fourth-order valence-corrected chi connectivity index (χ4v) is 3.03. The number of phenolic OH excluding ortho intramolecular Hbond substituents is 2. The molecule has 3 nitrogen and oxygen atoms in total. The van der Waals surface area contributed by atoms with Gasteiger partial charge >= 0.3 is 0 Å². The minimum Gasteiger partial charge on any atom is -0.508 e. The Morgan fingerprint density at radius 2 is 0.852 bits per heavy atom. The summed E-state index contributed by atoms with van der Waals surface area (Å²) >= 11 is 0. The van der Waals surface area contributed by atoms with E-state index in [1.807, 2.05) is 72.8 Å². The van der Waals surface area contributed by atoms with Crippen molar-refractivity contribution < 1.29 is 10.2 Å². The lowest BCUT2D eigenvalue weighted by Gasteiger charge is -2.09. The first-order valence-corrected chi connectivity index (χ1v) is 8.73. The molecular formula is C24H19NO2. The predicted molar refractivity (Wildman–Crippen MR) is 110 cm³/mol. The van der Waals surface area contributed by atoms with Gasteiger partial charge in [0.05, 0.1) is 0 Å². The van der Waals surface area contributed by atoms with Gasteiger partial charge in [-0.1, -0.05) is 48.5 Å². The molecule has 0 radical (unpaired) electrons. The van der Waals surface area contributed by atoms with E-state index in [4.69, 9.17) is 0 Å². The largest absolute Gasteiger partial charge is 0.508 e. The summed E-state index contributed by atoms with van der Waals surface area (Å²) < 4.78 is 0. The Morgan fingerprint density at radius 1 is 0.444 bits per heavy atom. The average Bonchev–Trinajstić information content (AvgIpc) is 2.69. The molecule has 4 rings (SSSR count). The second kappa shape index (κ2) is 7.26. The molecule has 3 heteroatoms. The average molecular weight is 353 g/mol. The molecule has 0 spiro atoms.